The number of rotatable bonds is 2. The fourth-order valence-corrected chi connectivity index (χ4v) is 6.57. The first kappa shape index (κ1) is 20.8. The van der Waals surface area contributed by atoms with Crippen LogP contribution in [0.15, 0.2) is 24.3 Å². The average molecular weight is 444 g/mol. The Balaban J connectivity index is 2.01. The van der Waals surface area contributed by atoms with Crippen LogP contribution in [-0.4, -0.2) is 33.5 Å². The molecule has 0 fully saturated rings. The van der Waals surface area contributed by atoms with E-state index in [0.29, 0.717) is 6.54 Å². The summed E-state index contributed by atoms with van der Waals surface area (Å²) in [5.74, 6) is -0.161. The van der Waals surface area contributed by atoms with Crippen molar-refractivity contribution in [3.63, 3.8) is 0 Å². The Bertz CT molecular complexity index is 1110. The molecule has 0 saturated heterocycles. The van der Waals surface area contributed by atoms with Crippen LogP contribution in [0.4, 0.5) is 9.80 Å². The van der Waals surface area contributed by atoms with E-state index in [0.717, 1.165) is 36.2 Å². The second-order valence-electron chi connectivity index (χ2n) is 8.78. The van der Waals surface area contributed by atoms with E-state index in [-0.39, 0.29) is 23.3 Å². The molecule has 0 bridgehead atoms. The van der Waals surface area contributed by atoms with Crippen molar-refractivity contribution in [2.45, 2.75) is 46.6 Å². The molecule has 0 spiro atoms. The van der Waals surface area contributed by atoms with Gasteiger partial charge in [0.05, 0.1) is 16.3 Å². The van der Waals surface area contributed by atoms with Crippen molar-refractivity contribution in [2.75, 3.05) is 11.9 Å². The van der Waals surface area contributed by atoms with Gasteiger partial charge in [0.15, 0.2) is 0 Å². The van der Waals surface area contributed by atoms with Crippen LogP contribution in [0.2, 0.25) is 0 Å². The van der Waals surface area contributed by atoms with Gasteiger partial charge in [-0.05, 0) is 30.0 Å². The molecule has 1 aliphatic heterocycles. The van der Waals surface area contributed by atoms with Crippen molar-refractivity contribution in [1.82, 2.24) is 9.88 Å². The van der Waals surface area contributed by atoms with Crippen molar-refractivity contribution >= 4 is 49.9 Å². The highest BCUT2D eigenvalue weighted by Crippen LogP contribution is 2.55. The number of anilines is 1. The molecule has 2 N–H and O–H groups in total. The molecule has 2 amide bonds. The highest BCUT2D eigenvalue weighted by atomic mass is 32.1. The van der Waals surface area contributed by atoms with Gasteiger partial charge in [-0.2, -0.15) is 0 Å². The molecule has 1 aromatic carbocycles. The van der Waals surface area contributed by atoms with Crippen LogP contribution in [0.3, 0.4) is 0 Å². The van der Waals surface area contributed by atoms with Gasteiger partial charge in [-0.25, -0.2) is 9.78 Å². The maximum Gasteiger partial charge on any atom is 0.407 e. The number of fused-ring (bicyclic) bond motifs is 2. The molecular formula is C22H25N3O3S2. The summed E-state index contributed by atoms with van der Waals surface area (Å²) in [5.41, 5.74) is 2.83. The minimum atomic E-state index is -0.918. The first-order valence-corrected chi connectivity index (χ1v) is 11.5. The van der Waals surface area contributed by atoms with Crippen LogP contribution < -0.4 is 5.32 Å². The summed E-state index contributed by atoms with van der Waals surface area (Å²) in [4.78, 5) is 31.3. The lowest BCUT2D eigenvalue weighted by Gasteiger charge is -2.42. The second kappa shape index (κ2) is 7.35. The van der Waals surface area contributed by atoms with E-state index < -0.39 is 6.09 Å². The summed E-state index contributed by atoms with van der Waals surface area (Å²) in [6.07, 6.45) is -0.918. The first-order chi connectivity index (χ1) is 14.1. The summed E-state index contributed by atoms with van der Waals surface area (Å²) in [7, 11) is 0. The SMILES string of the molecule is CC(=O)Nc1sc2c(c1-c1nc3ccccc3s1)C(C(C)(C)C)CN(C(=O)O)C2C. The summed E-state index contributed by atoms with van der Waals surface area (Å²) in [5, 5.41) is 14.4. The number of nitrogens with zero attached hydrogens (tertiary/aromatic N) is 2. The van der Waals surface area contributed by atoms with E-state index in [1.165, 1.54) is 23.2 Å². The molecule has 3 aromatic rings. The quantitative estimate of drug-likeness (QED) is 0.496. The van der Waals surface area contributed by atoms with Crippen molar-refractivity contribution in [3.8, 4) is 10.6 Å². The zero-order valence-corrected chi connectivity index (χ0v) is 19.3. The van der Waals surface area contributed by atoms with Crippen LogP contribution >= 0.6 is 22.7 Å². The number of aromatic nitrogens is 1. The third-order valence-corrected chi connectivity index (χ3v) is 7.98. The van der Waals surface area contributed by atoms with Gasteiger partial charge in [-0.3, -0.25) is 4.79 Å². The molecule has 0 radical (unpaired) electrons. The number of thiophene rings is 1. The molecule has 8 heteroatoms. The predicted octanol–water partition coefficient (Wildman–Crippen LogP) is 6.17. The van der Waals surface area contributed by atoms with Crippen molar-refractivity contribution in [2.24, 2.45) is 5.41 Å². The fraction of sp³-hybridized carbons (Fsp3) is 0.409. The van der Waals surface area contributed by atoms with Crippen LogP contribution in [0.25, 0.3) is 20.8 Å². The molecule has 0 saturated carbocycles. The lowest BCUT2D eigenvalue weighted by atomic mass is 9.72. The van der Waals surface area contributed by atoms with E-state index in [1.54, 1.807) is 11.3 Å². The fourth-order valence-electron chi connectivity index (χ4n) is 4.10. The zero-order chi connectivity index (χ0) is 21.8. The van der Waals surface area contributed by atoms with E-state index in [1.807, 2.05) is 31.2 Å². The van der Waals surface area contributed by atoms with Crippen molar-refractivity contribution < 1.29 is 14.7 Å². The molecule has 3 heterocycles. The molecule has 1 aliphatic rings. The van der Waals surface area contributed by atoms with Crippen LogP contribution in [-0.2, 0) is 4.79 Å². The molecule has 158 valence electrons. The van der Waals surface area contributed by atoms with Crippen molar-refractivity contribution in [3.05, 3.63) is 34.7 Å². The highest BCUT2D eigenvalue weighted by molar-refractivity contribution is 7.23. The van der Waals surface area contributed by atoms with Crippen molar-refractivity contribution in [1.29, 1.82) is 0 Å². The van der Waals surface area contributed by atoms with Gasteiger partial charge in [0, 0.05) is 29.8 Å². The number of thiazole rings is 1. The monoisotopic (exact) mass is 443 g/mol. The van der Waals surface area contributed by atoms with Crippen LogP contribution in [0, 0.1) is 5.41 Å². The summed E-state index contributed by atoms with van der Waals surface area (Å²) in [6.45, 7) is 10.2. The molecule has 2 atom stereocenters. The molecule has 2 aromatic heterocycles. The van der Waals surface area contributed by atoms with Gasteiger partial charge in [-0.1, -0.05) is 32.9 Å². The number of para-hydroxylation sites is 1. The number of benzene rings is 1. The molecule has 2 unspecified atom stereocenters. The standard InChI is InChI=1S/C22H25N3O3S2/c1-11-18-16(13(22(3,4)5)10-25(11)21(27)28)17(19(30-18)23-12(2)26)20-24-14-8-6-7-9-15(14)29-20/h6-9,11,13H,10H2,1-5H3,(H,23,26)(H,27,28). The van der Waals surface area contributed by atoms with Gasteiger partial charge in [0.1, 0.15) is 10.0 Å². The Morgan fingerprint density at radius 3 is 2.53 bits per heavy atom. The van der Waals surface area contributed by atoms with E-state index in [4.69, 9.17) is 4.98 Å². The Hall–Kier alpha value is -2.45. The van der Waals surface area contributed by atoms with Gasteiger partial charge in [0.2, 0.25) is 5.91 Å². The molecule has 30 heavy (non-hydrogen) atoms. The van der Waals surface area contributed by atoms with E-state index >= 15 is 0 Å². The van der Waals surface area contributed by atoms with Crippen LogP contribution in [0.5, 0.6) is 0 Å². The Labute approximate surface area is 183 Å². The number of carboxylic acid groups (broad SMARTS) is 1. The van der Waals surface area contributed by atoms with E-state index in [2.05, 4.69) is 26.1 Å². The van der Waals surface area contributed by atoms with E-state index in [9.17, 15) is 14.7 Å². The average Bonchev–Trinajstić information content (AvgIpc) is 3.21. The van der Waals surface area contributed by atoms with Gasteiger partial charge >= 0.3 is 6.09 Å². The third-order valence-electron chi connectivity index (χ3n) is 5.64. The first-order valence-electron chi connectivity index (χ1n) is 9.87. The summed E-state index contributed by atoms with van der Waals surface area (Å²) < 4.78 is 1.09. The minimum absolute atomic E-state index is 0.0134. The largest absolute Gasteiger partial charge is 0.465 e. The summed E-state index contributed by atoms with van der Waals surface area (Å²) in [6, 6.07) is 7.71. The molecule has 6 nitrogen and oxygen atoms in total. The Morgan fingerprint density at radius 2 is 1.93 bits per heavy atom. The normalized spacial score (nSPS) is 19.0. The predicted molar refractivity (Wildman–Crippen MR) is 123 cm³/mol. The molecular weight excluding hydrogens is 418 g/mol. The Morgan fingerprint density at radius 1 is 1.23 bits per heavy atom. The van der Waals surface area contributed by atoms with Gasteiger partial charge in [0.25, 0.3) is 0 Å². The molecule has 0 aliphatic carbocycles. The number of carbonyl (C=O) groups excluding carboxylic acids is 1. The molecule has 4 rings (SSSR count). The highest BCUT2D eigenvalue weighted by Gasteiger charge is 2.43. The number of carbonyl (C=O) groups is 2. The number of hydrogen-bond donors (Lipinski definition) is 2. The summed E-state index contributed by atoms with van der Waals surface area (Å²) >= 11 is 3.08. The number of amides is 2. The zero-order valence-electron chi connectivity index (χ0n) is 17.6. The van der Waals surface area contributed by atoms with Gasteiger partial charge < -0.3 is 15.3 Å². The Kier molecular flexibility index (Phi) is 5.10. The second-order valence-corrected chi connectivity index (χ2v) is 10.9. The van der Waals surface area contributed by atoms with Gasteiger partial charge in [-0.15, -0.1) is 22.7 Å². The number of nitrogens with one attached hydrogen (secondary N) is 1. The maximum absolute atomic E-state index is 12.0. The third kappa shape index (κ3) is 3.48. The maximum atomic E-state index is 12.0. The lowest BCUT2D eigenvalue weighted by Crippen LogP contribution is -2.43. The smallest absolute Gasteiger partial charge is 0.407 e. The number of hydrogen-bond acceptors (Lipinski definition) is 5. The topological polar surface area (TPSA) is 82.5 Å². The lowest BCUT2D eigenvalue weighted by molar-refractivity contribution is -0.114. The van der Waals surface area contributed by atoms with Crippen LogP contribution in [0.1, 0.15) is 57.0 Å². The minimum Gasteiger partial charge on any atom is -0.465 e.